The number of carbonyl (C=O) groups excluding carboxylic acids is 2. The van der Waals surface area contributed by atoms with Gasteiger partial charge in [-0.1, -0.05) is 12.8 Å². The fourth-order valence-corrected chi connectivity index (χ4v) is 3.93. The minimum absolute atomic E-state index is 0.0263. The van der Waals surface area contributed by atoms with Crippen molar-refractivity contribution in [2.45, 2.75) is 45.1 Å². The molecule has 0 aromatic rings. The number of carbonyl (C=O) groups is 2. The van der Waals surface area contributed by atoms with Crippen LogP contribution < -0.4 is 0 Å². The van der Waals surface area contributed by atoms with Crippen LogP contribution >= 0.6 is 11.8 Å². The summed E-state index contributed by atoms with van der Waals surface area (Å²) in [5.74, 6) is 0.983. The van der Waals surface area contributed by atoms with E-state index in [1.165, 1.54) is 25.7 Å². The van der Waals surface area contributed by atoms with Crippen molar-refractivity contribution in [2.75, 3.05) is 51.3 Å². The molecular weight excluding hydrogens is 310 g/mol. The van der Waals surface area contributed by atoms with Gasteiger partial charge in [-0.25, -0.2) is 0 Å². The van der Waals surface area contributed by atoms with Gasteiger partial charge in [-0.15, -0.1) is 0 Å². The molecule has 2 saturated heterocycles. The highest BCUT2D eigenvalue weighted by molar-refractivity contribution is 7.99. The molecule has 2 aliphatic rings. The molecule has 5 nitrogen and oxygen atoms in total. The van der Waals surface area contributed by atoms with Gasteiger partial charge >= 0.3 is 0 Å². The van der Waals surface area contributed by atoms with Crippen molar-refractivity contribution < 1.29 is 9.59 Å². The highest BCUT2D eigenvalue weighted by atomic mass is 32.2. The van der Waals surface area contributed by atoms with E-state index in [2.05, 4.69) is 11.8 Å². The SMILES string of the molecule is CSCC(=O)N1CCCN(C(=O)C(C)N2CCCCCC2)CC1. The van der Waals surface area contributed by atoms with Gasteiger partial charge in [0, 0.05) is 26.2 Å². The van der Waals surface area contributed by atoms with Gasteiger partial charge in [0.05, 0.1) is 11.8 Å². The second-order valence-corrected chi connectivity index (χ2v) is 7.48. The first-order chi connectivity index (χ1) is 11.1. The van der Waals surface area contributed by atoms with Gasteiger partial charge in [0.25, 0.3) is 0 Å². The molecule has 2 heterocycles. The van der Waals surface area contributed by atoms with Crippen LogP contribution in [0.2, 0.25) is 0 Å². The van der Waals surface area contributed by atoms with Crippen molar-refractivity contribution in [3.63, 3.8) is 0 Å². The average Bonchev–Trinajstić information content (AvgIpc) is 2.96. The number of rotatable bonds is 4. The Labute approximate surface area is 144 Å². The van der Waals surface area contributed by atoms with E-state index < -0.39 is 0 Å². The topological polar surface area (TPSA) is 43.9 Å². The van der Waals surface area contributed by atoms with E-state index in [4.69, 9.17) is 0 Å². The molecule has 1 unspecified atom stereocenters. The molecule has 0 spiro atoms. The summed E-state index contributed by atoms with van der Waals surface area (Å²) in [7, 11) is 0. The van der Waals surface area contributed by atoms with Crippen LogP contribution in [-0.2, 0) is 9.59 Å². The Morgan fingerprint density at radius 2 is 1.48 bits per heavy atom. The van der Waals surface area contributed by atoms with Crippen molar-refractivity contribution in [3.05, 3.63) is 0 Å². The zero-order valence-corrected chi connectivity index (χ0v) is 15.4. The second-order valence-electron chi connectivity index (χ2n) is 6.62. The standard InChI is InChI=1S/C17H31N3O2S/c1-15(18-8-5-3-4-6-9-18)17(22)20-11-7-10-19(12-13-20)16(21)14-23-2/h15H,3-14H2,1-2H3. The van der Waals surface area contributed by atoms with Crippen molar-refractivity contribution >= 4 is 23.6 Å². The maximum atomic E-state index is 12.8. The van der Waals surface area contributed by atoms with Crippen LogP contribution in [0.3, 0.4) is 0 Å². The maximum absolute atomic E-state index is 12.8. The summed E-state index contributed by atoms with van der Waals surface area (Å²) >= 11 is 1.56. The lowest BCUT2D eigenvalue weighted by Crippen LogP contribution is -2.48. The van der Waals surface area contributed by atoms with Gasteiger partial charge in [0.2, 0.25) is 11.8 Å². The lowest BCUT2D eigenvalue weighted by Gasteiger charge is -2.31. The normalized spacial score (nSPS) is 22.3. The molecule has 2 rings (SSSR count). The molecule has 2 amide bonds. The zero-order valence-electron chi connectivity index (χ0n) is 14.6. The first kappa shape index (κ1) is 18.6. The predicted octanol–water partition coefficient (Wildman–Crippen LogP) is 1.67. The molecule has 132 valence electrons. The number of thioether (sulfide) groups is 1. The molecule has 2 aliphatic heterocycles. The molecule has 0 bridgehead atoms. The Hall–Kier alpha value is -0.750. The van der Waals surface area contributed by atoms with Crippen LogP contribution in [0.5, 0.6) is 0 Å². The third kappa shape index (κ3) is 5.38. The van der Waals surface area contributed by atoms with E-state index in [0.717, 1.165) is 32.6 Å². The predicted molar refractivity (Wildman–Crippen MR) is 95.7 cm³/mol. The lowest BCUT2D eigenvalue weighted by atomic mass is 10.2. The van der Waals surface area contributed by atoms with Crippen LogP contribution in [0, 0.1) is 0 Å². The number of likely N-dealkylation sites (tertiary alicyclic amines) is 1. The maximum Gasteiger partial charge on any atom is 0.239 e. The van der Waals surface area contributed by atoms with E-state index in [9.17, 15) is 9.59 Å². The molecule has 2 fully saturated rings. The summed E-state index contributed by atoms with van der Waals surface area (Å²) in [6.45, 7) is 7.05. The fraction of sp³-hybridized carbons (Fsp3) is 0.882. The Morgan fingerprint density at radius 3 is 2.13 bits per heavy atom. The second kappa shape index (κ2) is 9.52. The lowest BCUT2D eigenvalue weighted by molar-refractivity contribution is -0.137. The molecule has 0 aromatic heterocycles. The van der Waals surface area contributed by atoms with Crippen LogP contribution in [0.15, 0.2) is 0 Å². The van der Waals surface area contributed by atoms with Crippen molar-refractivity contribution in [2.24, 2.45) is 0 Å². The zero-order chi connectivity index (χ0) is 16.7. The van der Waals surface area contributed by atoms with Gasteiger partial charge < -0.3 is 9.80 Å². The number of hydrogen-bond acceptors (Lipinski definition) is 4. The molecule has 23 heavy (non-hydrogen) atoms. The van der Waals surface area contributed by atoms with Crippen molar-refractivity contribution in [3.8, 4) is 0 Å². The largest absolute Gasteiger partial charge is 0.340 e. The van der Waals surface area contributed by atoms with E-state index in [1.807, 2.05) is 16.1 Å². The van der Waals surface area contributed by atoms with Gasteiger partial charge in [-0.05, 0) is 45.5 Å². The Morgan fingerprint density at radius 1 is 0.870 bits per heavy atom. The Bertz CT molecular complexity index is 397. The molecule has 0 N–H and O–H groups in total. The minimum Gasteiger partial charge on any atom is -0.340 e. The van der Waals surface area contributed by atoms with Gasteiger partial charge in [-0.3, -0.25) is 14.5 Å². The molecule has 0 aromatic carbocycles. The number of amides is 2. The van der Waals surface area contributed by atoms with E-state index >= 15 is 0 Å². The summed E-state index contributed by atoms with van der Waals surface area (Å²) in [5.41, 5.74) is 0. The minimum atomic E-state index is -0.0263. The highest BCUT2D eigenvalue weighted by Crippen LogP contribution is 2.15. The summed E-state index contributed by atoms with van der Waals surface area (Å²) in [6, 6.07) is -0.0263. The quantitative estimate of drug-likeness (QED) is 0.780. The van der Waals surface area contributed by atoms with Gasteiger partial charge in [0.15, 0.2) is 0 Å². The number of hydrogen-bond donors (Lipinski definition) is 0. The molecule has 1 atom stereocenters. The van der Waals surface area contributed by atoms with Crippen LogP contribution in [-0.4, -0.2) is 83.8 Å². The summed E-state index contributed by atoms with van der Waals surface area (Å²) in [6.07, 6.45) is 7.82. The summed E-state index contributed by atoms with van der Waals surface area (Å²) < 4.78 is 0. The van der Waals surface area contributed by atoms with Crippen molar-refractivity contribution in [1.29, 1.82) is 0 Å². The van der Waals surface area contributed by atoms with Gasteiger partial charge in [-0.2, -0.15) is 11.8 Å². The smallest absolute Gasteiger partial charge is 0.239 e. The summed E-state index contributed by atoms with van der Waals surface area (Å²) in [4.78, 5) is 31.1. The van der Waals surface area contributed by atoms with Gasteiger partial charge in [0.1, 0.15) is 0 Å². The Balaban J connectivity index is 1.88. The molecule has 0 radical (unpaired) electrons. The van der Waals surface area contributed by atoms with Crippen LogP contribution in [0.1, 0.15) is 39.0 Å². The van der Waals surface area contributed by atoms with E-state index in [0.29, 0.717) is 18.8 Å². The van der Waals surface area contributed by atoms with E-state index in [-0.39, 0.29) is 17.9 Å². The molecule has 6 heteroatoms. The van der Waals surface area contributed by atoms with Crippen LogP contribution in [0.25, 0.3) is 0 Å². The van der Waals surface area contributed by atoms with Crippen molar-refractivity contribution in [1.82, 2.24) is 14.7 Å². The molecule has 0 aliphatic carbocycles. The third-order valence-electron chi connectivity index (χ3n) is 4.97. The number of nitrogens with zero attached hydrogens (tertiary/aromatic N) is 3. The summed E-state index contributed by atoms with van der Waals surface area (Å²) in [5, 5.41) is 0. The Kier molecular flexibility index (Phi) is 7.70. The first-order valence-electron chi connectivity index (χ1n) is 8.93. The highest BCUT2D eigenvalue weighted by Gasteiger charge is 2.28. The van der Waals surface area contributed by atoms with Crippen LogP contribution in [0.4, 0.5) is 0 Å². The average molecular weight is 342 g/mol. The third-order valence-corrected chi connectivity index (χ3v) is 5.51. The fourth-order valence-electron chi connectivity index (χ4n) is 3.50. The molecular formula is C17H31N3O2S. The monoisotopic (exact) mass is 341 g/mol. The van der Waals surface area contributed by atoms with E-state index in [1.54, 1.807) is 11.8 Å². The molecule has 0 saturated carbocycles. The first-order valence-corrected chi connectivity index (χ1v) is 10.3.